The van der Waals surface area contributed by atoms with Crippen LogP contribution in [0.4, 0.5) is 0 Å². The van der Waals surface area contributed by atoms with E-state index in [9.17, 15) is 0 Å². The van der Waals surface area contributed by atoms with E-state index in [1.807, 2.05) is 0 Å². The third kappa shape index (κ3) is 10500. The van der Waals surface area contributed by atoms with Crippen LogP contribution in [0.25, 0.3) is 0 Å². The number of hydrogen-bond acceptors (Lipinski definition) is 12. The van der Waals surface area contributed by atoms with Gasteiger partial charge in [0, 0.05) is 0 Å². The van der Waals surface area contributed by atoms with Crippen LogP contribution in [0.1, 0.15) is 0 Å². The second-order valence-corrected chi connectivity index (χ2v) is 18.5. The fourth-order valence-corrected chi connectivity index (χ4v) is 0. The van der Waals surface area contributed by atoms with E-state index in [2.05, 4.69) is 0 Å². The van der Waals surface area contributed by atoms with E-state index in [1.54, 1.807) is 0 Å². The second kappa shape index (κ2) is 51.8. The fraction of sp³-hybridized carbons (Fsp3) is 0. The van der Waals surface area contributed by atoms with Crippen LogP contribution in [-0.4, -0.2) is 294 Å². The van der Waals surface area contributed by atoms with Crippen molar-refractivity contribution in [2.45, 2.75) is 0 Å². The van der Waals surface area contributed by atoms with Crippen LogP contribution in [0.5, 0.6) is 0 Å². The second-order valence-electron chi connectivity index (χ2n) is 6.16. The van der Waals surface area contributed by atoms with Crippen molar-refractivity contribution in [1.82, 2.24) is 0 Å². The molecule has 0 radical (unpaired) electrons. The first-order chi connectivity index (χ1) is 24.0. The van der Waals surface area contributed by atoms with E-state index in [1.165, 1.54) is 0 Å². The van der Waals surface area contributed by atoms with E-state index in [0.29, 0.717) is 0 Å². The van der Waals surface area contributed by atoms with Crippen molar-refractivity contribution >= 4 is 212 Å². The molecule has 0 aromatic rings. The third-order valence-electron chi connectivity index (χ3n) is 0. The predicted molar refractivity (Wildman–Crippen MR) is 200 cm³/mol. The van der Waals surface area contributed by atoms with Crippen molar-refractivity contribution in [1.29, 1.82) is 0 Å². The molecule has 0 spiro atoms. The Hall–Kier alpha value is 5.32. The SMILES string of the molecule is O=P(O)(O)O.O=P(O)(O)O.O=P(O)(O)O.O=P(O)(O)O.O=P(O)(O)O.O=P(O)(O)O.O=P(O)(O)O.O=P(O)(O)O.O=P(O)(O)O.O=P(O)(O)O.O=P(O)(O)O.O=P(O)(O)O.[NaH].[NaH].[NaH].[NaH]. The Balaban J connectivity index is -0.0000000279. The molecule has 0 heterocycles. The molecular weight excluding hydrogens is 1230 g/mol. The predicted octanol–water partition coefficient (Wildman–Crippen LogP) is -13.7. The summed E-state index contributed by atoms with van der Waals surface area (Å²) in [5.74, 6) is 0. The molecule has 64 heteroatoms. The van der Waals surface area contributed by atoms with Crippen LogP contribution in [0, 0.1) is 0 Å². The molecule has 0 aliphatic carbocycles. The molecule has 0 saturated heterocycles. The van der Waals surface area contributed by atoms with Gasteiger partial charge in [0.2, 0.25) is 0 Å². The Labute approximate surface area is 438 Å². The first kappa shape index (κ1) is 114. The molecule has 0 amide bonds. The zero-order valence-corrected chi connectivity index (χ0v) is 37.1. The molecule has 0 aromatic heterocycles. The van der Waals surface area contributed by atoms with Crippen molar-refractivity contribution in [2.24, 2.45) is 0 Å². The van der Waals surface area contributed by atoms with Gasteiger partial charge in [-0.15, -0.1) is 0 Å². The van der Waals surface area contributed by atoms with E-state index >= 15 is 0 Å². The Morgan fingerprint density at radius 3 is 0.109 bits per heavy atom. The van der Waals surface area contributed by atoms with Gasteiger partial charge in [-0.25, -0.2) is 54.8 Å². The molecule has 0 aliphatic heterocycles. The third-order valence-corrected chi connectivity index (χ3v) is 0. The first-order valence-electron chi connectivity index (χ1n) is 9.39. The van der Waals surface area contributed by atoms with Gasteiger partial charge >= 0.3 is 212 Å². The summed E-state index contributed by atoms with van der Waals surface area (Å²) in [6.45, 7) is 0. The Kier molecular flexibility index (Phi) is 92.1. The quantitative estimate of drug-likeness (QED) is 0.0791. The number of rotatable bonds is 0. The summed E-state index contributed by atoms with van der Waals surface area (Å²) < 4.78 is 107. The van der Waals surface area contributed by atoms with Crippen LogP contribution in [0.15, 0.2) is 0 Å². The zero-order valence-electron chi connectivity index (χ0n) is 26.4. The van der Waals surface area contributed by atoms with Gasteiger partial charge in [0.25, 0.3) is 0 Å². The fourth-order valence-electron chi connectivity index (χ4n) is 0. The van der Waals surface area contributed by atoms with Crippen molar-refractivity contribution < 1.29 is 231 Å². The van der Waals surface area contributed by atoms with Gasteiger partial charge in [0.05, 0.1) is 0 Å². The Morgan fingerprint density at radius 1 is 0.109 bits per heavy atom. The average Bonchev–Trinajstić information content (AvgIpc) is 2.48. The van der Waals surface area contributed by atoms with E-state index in [0.717, 1.165) is 0 Å². The van der Waals surface area contributed by atoms with E-state index in [4.69, 9.17) is 231 Å². The summed E-state index contributed by atoms with van der Waals surface area (Å²) in [4.78, 5) is 259. The number of phosphoric acid groups is 12. The van der Waals surface area contributed by atoms with Gasteiger partial charge in [0.15, 0.2) is 0 Å². The topological polar surface area (TPSA) is 933 Å². The van der Waals surface area contributed by atoms with Crippen LogP contribution >= 0.6 is 93.9 Å². The van der Waals surface area contributed by atoms with Crippen molar-refractivity contribution in [3.63, 3.8) is 0 Å². The van der Waals surface area contributed by atoms with E-state index in [-0.39, 0.29) is 118 Å². The van der Waals surface area contributed by atoms with Gasteiger partial charge < -0.3 is 176 Å². The molecule has 392 valence electrons. The summed E-state index contributed by atoms with van der Waals surface area (Å²) >= 11 is 0. The maximum absolute atomic E-state index is 8.88. The summed E-state index contributed by atoms with van der Waals surface area (Å²) in [5.41, 5.74) is 0. The summed E-state index contributed by atoms with van der Waals surface area (Å²) in [5, 5.41) is 0. The van der Waals surface area contributed by atoms with Gasteiger partial charge in [0.1, 0.15) is 0 Å². The van der Waals surface area contributed by atoms with Crippen LogP contribution in [0.2, 0.25) is 0 Å². The zero-order chi connectivity index (χ0) is 54.0. The molecule has 36 N–H and O–H groups in total. The molecular formula is H40Na4O48P12. The minimum atomic E-state index is -4.64. The molecule has 64 heavy (non-hydrogen) atoms. The van der Waals surface area contributed by atoms with Crippen LogP contribution < -0.4 is 0 Å². The average molecular weight is 1270 g/mol. The number of hydrogen-bond donors (Lipinski definition) is 36. The van der Waals surface area contributed by atoms with Crippen LogP contribution in [-0.2, 0) is 54.8 Å². The van der Waals surface area contributed by atoms with Crippen molar-refractivity contribution in [3.8, 4) is 0 Å². The monoisotopic (exact) mass is 1270 g/mol. The standard InChI is InChI=1S/4Na.12H3O4P.4H/c;;;;12*1-5(2,3)4;;;;/h;;;;12*(H3,1,2,3,4);;;;. The molecule has 0 bridgehead atoms. The van der Waals surface area contributed by atoms with Crippen molar-refractivity contribution in [3.05, 3.63) is 0 Å². The summed E-state index contributed by atoms with van der Waals surface area (Å²) in [7, 11) is -55.7. The van der Waals surface area contributed by atoms with Gasteiger partial charge in [-0.05, 0) is 0 Å². The minimum absolute atomic E-state index is 0. The molecule has 0 aliphatic rings. The normalized spacial score (nSPS) is 11.1. The Morgan fingerprint density at radius 2 is 0.109 bits per heavy atom. The van der Waals surface area contributed by atoms with Crippen molar-refractivity contribution in [2.75, 3.05) is 0 Å². The van der Waals surface area contributed by atoms with E-state index < -0.39 is 93.9 Å². The molecule has 0 saturated carbocycles. The van der Waals surface area contributed by atoms with Gasteiger partial charge in [-0.3, -0.25) is 0 Å². The Bertz CT molecular complexity index is 1050. The summed E-state index contributed by atoms with van der Waals surface area (Å²) in [6, 6.07) is 0. The molecule has 0 fully saturated rings. The maximum atomic E-state index is 8.88. The molecule has 0 aromatic carbocycles. The molecule has 0 unspecified atom stereocenters. The molecule has 0 rings (SSSR count). The molecule has 0 atom stereocenters. The first-order valence-corrected chi connectivity index (χ1v) is 28.2. The molecule has 48 nitrogen and oxygen atoms in total. The van der Waals surface area contributed by atoms with Crippen LogP contribution in [0.3, 0.4) is 0 Å². The van der Waals surface area contributed by atoms with Gasteiger partial charge in [-0.2, -0.15) is 0 Å². The summed E-state index contributed by atoms with van der Waals surface area (Å²) in [6.07, 6.45) is 0. The van der Waals surface area contributed by atoms with Gasteiger partial charge in [-0.1, -0.05) is 0 Å².